The van der Waals surface area contributed by atoms with E-state index in [4.69, 9.17) is 5.73 Å². The molecular formula is C16H21N5O. The van der Waals surface area contributed by atoms with Crippen LogP contribution in [0, 0.1) is 6.92 Å². The van der Waals surface area contributed by atoms with Gasteiger partial charge in [0.2, 0.25) is 0 Å². The van der Waals surface area contributed by atoms with Crippen molar-refractivity contribution in [1.29, 1.82) is 0 Å². The summed E-state index contributed by atoms with van der Waals surface area (Å²) in [7, 11) is 0. The molecule has 0 bridgehead atoms. The number of hydrogen-bond acceptors (Lipinski definition) is 4. The van der Waals surface area contributed by atoms with E-state index in [-0.39, 0.29) is 18.0 Å². The first-order valence-electron chi connectivity index (χ1n) is 7.69. The molecule has 1 fully saturated rings. The normalized spacial score (nSPS) is 21.5. The van der Waals surface area contributed by atoms with Gasteiger partial charge in [-0.15, -0.1) is 5.10 Å². The summed E-state index contributed by atoms with van der Waals surface area (Å²) in [5.74, 6) is -0.153. The molecule has 0 saturated heterocycles. The van der Waals surface area contributed by atoms with Gasteiger partial charge in [0.05, 0.1) is 11.4 Å². The minimum Gasteiger partial charge on any atom is -0.348 e. The second-order valence-corrected chi connectivity index (χ2v) is 5.86. The van der Waals surface area contributed by atoms with Crippen LogP contribution in [-0.2, 0) is 0 Å². The number of rotatable bonds is 3. The zero-order valence-corrected chi connectivity index (χ0v) is 12.7. The molecule has 1 amide bonds. The van der Waals surface area contributed by atoms with Gasteiger partial charge in [0.15, 0.2) is 5.69 Å². The molecule has 0 aliphatic heterocycles. The average Bonchev–Trinajstić information content (AvgIpc) is 2.92. The molecule has 3 N–H and O–H groups in total. The van der Waals surface area contributed by atoms with E-state index in [1.165, 1.54) is 0 Å². The number of hydrogen-bond donors (Lipinski definition) is 2. The summed E-state index contributed by atoms with van der Waals surface area (Å²) in [4.78, 5) is 12.4. The highest BCUT2D eigenvalue weighted by atomic mass is 16.2. The van der Waals surface area contributed by atoms with Gasteiger partial charge in [-0.05, 0) is 44.7 Å². The molecule has 1 heterocycles. The van der Waals surface area contributed by atoms with Crippen molar-refractivity contribution in [1.82, 2.24) is 20.3 Å². The smallest absolute Gasteiger partial charge is 0.273 e. The van der Waals surface area contributed by atoms with Gasteiger partial charge in [0.25, 0.3) is 5.91 Å². The summed E-state index contributed by atoms with van der Waals surface area (Å²) >= 11 is 0. The van der Waals surface area contributed by atoms with Crippen LogP contribution in [0.5, 0.6) is 0 Å². The Balaban J connectivity index is 1.73. The van der Waals surface area contributed by atoms with E-state index in [9.17, 15) is 4.79 Å². The molecule has 1 aliphatic carbocycles. The van der Waals surface area contributed by atoms with Crippen LogP contribution in [0.4, 0.5) is 0 Å². The fraction of sp³-hybridized carbons (Fsp3) is 0.438. The highest BCUT2D eigenvalue weighted by molar-refractivity contribution is 5.93. The lowest BCUT2D eigenvalue weighted by Crippen LogP contribution is -2.40. The maximum atomic E-state index is 12.4. The molecule has 0 radical (unpaired) electrons. The Hall–Kier alpha value is -2.21. The van der Waals surface area contributed by atoms with Crippen LogP contribution in [-0.4, -0.2) is 33.0 Å². The maximum absolute atomic E-state index is 12.4. The largest absolute Gasteiger partial charge is 0.348 e. The molecular weight excluding hydrogens is 278 g/mol. The number of amides is 1. The minimum atomic E-state index is -0.153. The van der Waals surface area contributed by atoms with Crippen LogP contribution >= 0.6 is 0 Å². The predicted octanol–water partition coefficient (Wildman–Crippen LogP) is 1.58. The van der Waals surface area contributed by atoms with Gasteiger partial charge in [0, 0.05) is 12.1 Å². The number of aromatic nitrogens is 3. The molecule has 2 aromatic rings. The van der Waals surface area contributed by atoms with Gasteiger partial charge >= 0.3 is 0 Å². The van der Waals surface area contributed by atoms with Crippen LogP contribution in [0.15, 0.2) is 30.3 Å². The molecule has 1 aromatic carbocycles. The third-order valence-electron chi connectivity index (χ3n) is 4.22. The molecule has 1 aliphatic rings. The molecule has 0 spiro atoms. The number of benzene rings is 1. The highest BCUT2D eigenvalue weighted by Crippen LogP contribution is 2.18. The fourth-order valence-corrected chi connectivity index (χ4v) is 2.87. The molecule has 1 saturated carbocycles. The first kappa shape index (κ1) is 14.7. The van der Waals surface area contributed by atoms with Crippen LogP contribution < -0.4 is 11.1 Å². The van der Waals surface area contributed by atoms with Crippen LogP contribution in [0.25, 0.3) is 5.69 Å². The summed E-state index contributed by atoms with van der Waals surface area (Å²) < 4.78 is 1.69. The molecule has 6 heteroatoms. The van der Waals surface area contributed by atoms with Gasteiger partial charge in [-0.3, -0.25) is 4.79 Å². The maximum Gasteiger partial charge on any atom is 0.273 e. The van der Waals surface area contributed by atoms with Crippen molar-refractivity contribution in [3.63, 3.8) is 0 Å². The topological polar surface area (TPSA) is 85.8 Å². The Kier molecular flexibility index (Phi) is 4.20. The van der Waals surface area contributed by atoms with Crippen LogP contribution in [0.1, 0.15) is 41.9 Å². The molecule has 6 nitrogen and oxygen atoms in total. The van der Waals surface area contributed by atoms with E-state index in [0.717, 1.165) is 37.1 Å². The number of carbonyl (C=O) groups excluding carboxylic acids is 1. The Labute approximate surface area is 129 Å². The third-order valence-corrected chi connectivity index (χ3v) is 4.22. The molecule has 0 unspecified atom stereocenters. The van der Waals surface area contributed by atoms with Crippen LogP contribution in [0.3, 0.4) is 0 Å². The van der Waals surface area contributed by atoms with Crippen molar-refractivity contribution in [2.45, 2.75) is 44.7 Å². The molecule has 22 heavy (non-hydrogen) atoms. The molecule has 116 valence electrons. The number of nitrogens with zero attached hydrogens (tertiary/aromatic N) is 3. The van der Waals surface area contributed by atoms with E-state index >= 15 is 0 Å². The van der Waals surface area contributed by atoms with Crippen molar-refractivity contribution < 1.29 is 4.79 Å². The van der Waals surface area contributed by atoms with Crippen LogP contribution in [0.2, 0.25) is 0 Å². The lowest BCUT2D eigenvalue weighted by Gasteiger charge is -2.26. The van der Waals surface area contributed by atoms with E-state index < -0.39 is 0 Å². The summed E-state index contributed by atoms with van der Waals surface area (Å²) in [6.45, 7) is 1.86. The lowest BCUT2D eigenvalue weighted by molar-refractivity contribution is 0.0920. The summed E-state index contributed by atoms with van der Waals surface area (Å²) in [5, 5.41) is 11.2. The summed E-state index contributed by atoms with van der Waals surface area (Å²) in [6, 6.07) is 10.1. The first-order chi connectivity index (χ1) is 10.6. The van der Waals surface area contributed by atoms with E-state index in [2.05, 4.69) is 15.6 Å². The number of para-hydroxylation sites is 1. The summed E-state index contributed by atoms with van der Waals surface area (Å²) in [6.07, 6.45) is 3.78. The van der Waals surface area contributed by atoms with Gasteiger partial charge < -0.3 is 11.1 Å². The second kappa shape index (κ2) is 6.27. The Morgan fingerprint density at radius 1 is 1.23 bits per heavy atom. The second-order valence-electron chi connectivity index (χ2n) is 5.86. The highest BCUT2D eigenvalue weighted by Gasteiger charge is 2.23. The Morgan fingerprint density at radius 2 is 1.91 bits per heavy atom. The number of nitrogens with two attached hydrogens (primary N) is 1. The minimum absolute atomic E-state index is 0.153. The average molecular weight is 299 g/mol. The van der Waals surface area contributed by atoms with E-state index in [1.54, 1.807) is 4.68 Å². The first-order valence-corrected chi connectivity index (χ1v) is 7.69. The zero-order chi connectivity index (χ0) is 15.5. The van der Waals surface area contributed by atoms with Crippen molar-refractivity contribution in [2.24, 2.45) is 5.73 Å². The van der Waals surface area contributed by atoms with Crippen molar-refractivity contribution in [2.75, 3.05) is 0 Å². The predicted molar refractivity (Wildman–Crippen MR) is 83.8 cm³/mol. The van der Waals surface area contributed by atoms with Crippen molar-refractivity contribution in [3.8, 4) is 5.69 Å². The van der Waals surface area contributed by atoms with Gasteiger partial charge in [0.1, 0.15) is 0 Å². The quantitative estimate of drug-likeness (QED) is 0.901. The van der Waals surface area contributed by atoms with Crippen molar-refractivity contribution in [3.05, 3.63) is 41.7 Å². The summed E-state index contributed by atoms with van der Waals surface area (Å²) in [5.41, 5.74) is 7.92. The fourth-order valence-electron chi connectivity index (χ4n) is 2.87. The monoisotopic (exact) mass is 299 g/mol. The van der Waals surface area contributed by atoms with E-state index in [0.29, 0.717) is 5.69 Å². The van der Waals surface area contributed by atoms with Crippen molar-refractivity contribution >= 4 is 5.91 Å². The Bertz CT molecular complexity index is 644. The van der Waals surface area contributed by atoms with E-state index in [1.807, 2.05) is 37.3 Å². The van der Waals surface area contributed by atoms with Gasteiger partial charge in [-0.2, -0.15) is 0 Å². The molecule has 1 aromatic heterocycles. The lowest BCUT2D eigenvalue weighted by atomic mass is 9.92. The number of carbonyl (C=O) groups is 1. The standard InChI is InChI=1S/C16H21N5O/c1-11-15(16(22)18-13-9-7-12(17)8-10-13)19-20-21(11)14-5-3-2-4-6-14/h2-6,12-13H,7-10,17H2,1H3,(H,18,22)/t12-,13-. The molecule has 3 rings (SSSR count). The van der Waals surface area contributed by atoms with Gasteiger partial charge in [-0.25, -0.2) is 4.68 Å². The SMILES string of the molecule is Cc1c(C(=O)N[C@H]2CC[C@H](N)CC2)nnn1-c1ccccc1. The molecule has 0 atom stereocenters. The Morgan fingerprint density at radius 3 is 2.59 bits per heavy atom. The van der Waals surface area contributed by atoms with Gasteiger partial charge in [-0.1, -0.05) is 23.4 Å². The third kappa shape index (κ3) is 3.01. The number of nitrogens with one attached hydrogen (secondary N) is 1. The zero-order valence-electron chi connectivity index (χ0n) is 12.7.